The highest BCUT2D eigenvalue weighted by atomic mass is 79.9. The molecule has 146 valence electrons. The van der Waals surface area contributed by atoms with Crippen molar-refractivity contribution in [3.05, 3.63) is 50.4 Å². The first-order chi connectivity index (χ1) is 13.5. The van der Waals surface area contributed by atoms with Crippen LogP contribution in [0, 0.1) is 12.3 Å². The monoisotopic (exact) mass is 508 g/mol. The number of nitrogens with zero attached hydrogens (tertiary/aromatic N) is 1. The number of carbonyl (C=O) groups excluding carboxylic acids is 1. The fraction of sp³-hybridized carbons (Fsp3) is 0.200. The van der Waals surface area contributed by atoms with Gasteiger partial charge in [0.1, 0.15) is 12.4 Å². The van der Waals surface area contributed by atoms with E-state index in [0.717, 1.165) is 5.56 Å². The molecular formula is C20H18Br2N2O4. The number of hydrogen-bond acceptors (Lipinski definition) is 5. The molecule has 6 nitrogen and oxygen atoms in total. The van der Waals surface area contributed by atoms with E-state index in [-0.39, 0.29) is 12.5 Å². The molecule has 2 aromatic carbocycles. The Morgan fingerprint density at radius 1 is 1.21 bits per heavy atom. The van der Waals surface area contributed by atoms with Crippen LogP contribution in [0.4, 0.5) is 0 Å². The Labute approximate surface area is 180 Å². The van der Waals surface area contributed by atoms with E-state index >= 15 is 0 Å². The van der Waals surface area contributed by atoms with Gasteiger partial charge in [-0.1, -0.05) is 5.92 Å². The molecule has 2 aromatic rings. The highest BCUT2D eigenvalue weighted by Crippen LogP contribution is 2.34. The summed E-state index contributed by atoms with van der Waals surface area (Å²) in [5.74, 6) is 3.70. The minimum Gasteiger partial charge on any atom is -0.493 e. The van der Waals surface area contributed by atoms with Crippen LogP contribution in [0.15, 0.2) is 44.4 Å². The molecule has 1 amide bonds. The van der Waals surface area contributed by atoms with Crippen molar-refractivity contribution in [2.75, 3.05) is 20.3 Å². The van der Waals surface area contributed by atoms with Crippen molar-refractivity contribution in [2.45, 2.75) is 6.92 Å². The molecule has 28 heavy (non-hydrogen) atoms. The van der Waals surface area contributed by atoms with Crippen LogP contribution >= 0.6 is 31.9 Å². The van der Waals surface area contributed by atoms with Gasteiger partial charge in [-0.25, -0.2) is 5.43 Å². The topological polar surface area (TPSA) is 69.2 Å². The van der Waals surface area contributed by atoms with Crippen molar-refractivity contribution in [3.8, 4) is 29.6 Å². The summed E-state index contributed by atoms with van der Waals surface area (Å²) in [6, 6.07) is 8.52. The third kappa shape index (κ3) is 5.75. The van der Waals surface area contributed by atoms with E-state index in [9.17, 15) is 4.79 Å². The molecule has 0 bridgehead atoms. The second kappa shape index (κ2) is 10.7. The molecule has 0 aliphatic carbocycles. The van der Waals surface area contributed by atoms with Gasteiger partial charge in [0.15, 0.2) is 11.5 Å². The maximum atomic E-state index is 12.3. The molecule has 0 heterocycles. The van der Waals surface area contributed by atoms with Gasteiger partial charge in [-0.3, -0.25) is 4.79 Å². The first-order valence-corrected chi connectivity index (χ1v) is 9.78. The minimum atomic E-state index is -0.369. The van der Waals surface area contributed by atoms with Crippen molar-refractivity contribution < 1.29 is 19.0 Å². The van der Waals surface area contributed by atoms with E-state index in [1.807, 2.05) is 6.92 Å². The van der Waals surface area contributed by atoms with Crippen molar-refractivity contribution in [3.63, 3.8) is 0 Å². The Balaban J connectivity index is 2.09. The molecule has 2 rings (SSSR count). The number of ether oxygens (including phenoxy) is 3. The predicted molar refractivity (Wildman–Crippen MR) is 115 cm³/mol. The fourth-order valence-electron chi connectivity index (χ4n) is 2.22. The van der Waals surface area contributed by atoms with E-state index < -0.39 is 0 Å². The minimum absolute atomic E-state index is 0.159. The normalized spacial score (nSPS) is 10.4. The lowest BCUT2D eigenvalue weighted by atomic mass is 10.2. The summed E-state index contributed by atoms with van der Waals surface area (Å²) in [7, 11) is 1.54. The molecule has 0 spiro atoms. The zero-order valence-electron chi connectivity index (χ0n) is 15.3. The number of nitrogens with one attached hydrogen (secondary N) is 1. The summed E-state index contributed by atoms with van der Waals surface area (Å²) >= 11 is 6.85. The number of benzene rings is 2. The van der Waals surface area contributed by atoms with Crippen LogP contribution in [0.5, 0.6) is 17.2 Å². The Kier molecular flexibility index (Phi) is 8.36. The fourth-order valence-corrected chi connectivity index (χ4v) is 3.67. The molecule has 0 unspecified atom stereocenters. The number of terminal acetylenes is 1. The van der Waals surface area contributed by atoms with Gasteiger partial charge in [0, 0.05) is 5.56 Å². The van der Waals surface area contributed by atoms with Crippen LogP contribution in [-0.2, 0) is 0 Å². The van der Waals surface area contributed by atoms with Crippen molar-refractivity contribution in [2.24, 2.45) is 5.10 Å². The van der Waals surface area contributed by atoms with Crippen LogP contribution in [0.25, 0.3) is 0 Å². The smallest absolute Gasteiger partial charge is 0.271 e. The summed E-state index contributed by atoms with van der Waals surface area (Å²) in [6.45, 7) is 2.48. The zero-order valence-corrected chi connectivity index (χ0v) is 18.5. The van der Waals surface area contributed by atoms with Gasteiger partial charge in [0.05, 0.1) is 28.9 Å². The average molecular weight is 510 g/mol. The molecule has 0 aliphatic rings. The van der Waals surface area contributed by atoms with Gasteiger partial charge in [0.25, 0.3) is 5.91 Å². The Morgan fingerprint density at radius 2 is 1.93 bits per heavy atom. The summed E-state index contributed by atoms with van der Waals surface area (Å²) in [6.07, 6.45) is 6.73. The molecule has 0 saturated heterocycles. The highest BCUT2D eigenvalue weighted by Gasteiger charge is 2.11. The van der Waals surface area contributed by atoms with E-state index in [4.69, 9.17) is 20.6 Å². The summed E-state index contributed by atoms with van der Waals surface area (Å²) in [5, 5.41) is 4.00. The summed E-state index contributed by atoms with van der Waals surface area (Å²) in [4.78, 5) is 12.3. The summed E-state index contributed by atoms with van der Waals surface area (Å²) < 4.78 is 17.6. The summed E-state index contributed by atoms with van der Waals surface area (Å²) in [5.41, 5.74) is 3.64. The van der Waals surface area contributed by atoms with Crippen LogP contribution < -0.4 is 19.6 Å². The molecule has 8 heteroatoms. The van der Waals surface area contributed by atoms with Crippen molar-refractivity contribution in [1.82, 2.24) is 5.43 Å². The largest absolute Gasteiger partial charge is 0.493 e. The van der Waals surface area contributed by atoms with E-state index in [1.165, 1.54) is 6.21 Å². The van der Waals surface area contributed by atoms with Crippen LogP contribution in [0.2, 0.25) is 0 Å². The Morgan fingerprint density at radius 3 is 2.54 bits per heavy atom. The standard InChI is InChI=1S/C20H18Br2N2O4/c1-4-8-28-19-15(21)9-13(10-16(19)22)12-23-24-20(25)14-6-7-17(26-3)18(11-14)27-5-2/h1,6-7,9-12H,5,8H2,2-3H3,(H,24,25)/b23-12+. The molecule has 0 aliphatic heterocycles. The molecule has 0 fully saturated rings. The maximum Gasteiger partial charge on any atom is 0.271 e. The van der Waals surface area contributed by atoms with Crippen LogP contribution in [0.1, 0.15) is 22.8 Å². The Hall–Kier alpha value is -2.50. The third-order valence-electron chi connectivity index (χ3n) is 3.43. The lowest BCUT2D eigenvalue weighted by Gasteiger charge is -2.10. The van der Waals surface area contributed by atoms with Gasteiger partial charge >= 0.3 is 0 Å². The average Bonchev–Trinajstić information content (AvgIpc) is 2.67. The van der Waals surface area contributed by atoms with Crippen molar-refractivity contribution in [1.29, 1.82) is 0 Å². The van der Waals surface area contributed by atoms with Gasteiger partial charge in [-0.05, 0) is 74.7 Å². The first kappa shape index (κ1) is 21.8. The second-order valence-corrected chi connectivity index (χ2v) is 7.01. The number of halogens is 2. The lowest BCUT2D eigenvalue weighted by molar-refractivity contribution is 0.0954. The molecule has 0 radical (unpaired) electrons. The highest BCUT2D eigenvalue weighted by molar-refractivity contribution is 9.11. The van der Waals surface area contributed by atoms with Crippen molar-refractivity contribution >= 4 is 44.0 Å². The molecule has 0 atom stereocenters. The SMILES string of the molecule is C#CCOc1c(Br)cc(/C=N/NC(=O)c2ccc(OC)c(OCC)c2)cc1Br. The Bertz CT molecular complexity index is 900. The van der Waals surface area contributed by atoms with E-state index in [1.54, 1.807) is 37.4 Å². The van der Waals surface area contributed by atoms with E-state index in [2.05, 4.69) is 48.3 Å². The van der Waals surface area contributed by atoms with Crippen LogP contribution in [-0.4, -0.2) is 32.4 Å². The van der Waals surface area contributed by atoms with Gasteiger partial charge < -0.3 is 14.2 Å². The number of hydrogen-bond donors (Lipinski definition) is 1. The van der Waals surface area contributed by atoms with Gasteiger partial charge in [-0.15, -0.1) is 6.42 Å². The lowest BCUT2D eigenvalue weighted by Crippen LogP contribution is -2.17. The quantitative estimate of drug-likeness (QED) is 0.325. The zero-order chi connectivity index (χ0) is 20.5. The number of carbonyl (C=O) groups is 1. The number of methoxy groups -OCH3 is 1. The number of hydrazone groups is 1. The first-order valence-electron chi connectivity index (χ1n) is 8.19. The molecule has 0 saturated carbocycles. The van der Waals surface area contributed by atoms with Gasteiger partial charge in [0.2, 0.25) is 0 Å². The number of rotatable bonds is 8. The second-order valence-electron chi connectivity index (χ2n) is 5.30. The molecule has 1 N–H and O–H groups in total. The molecular weight excluding hydrogens is 492 g/mol. The third-order valence-corrected chi connectivity index (χ3v) is 4.60. The van der Waals surface area contributed by atoms with E-state index in [0.29, 0.717) is 38.4 Å². The maximum absolute atomic E-state index is 12.3. The number of amides is 1. The predicted octanol–water partition coefficient (Wildman–Crippen LogP) is 4.39. The van der Waals surface area contributed by atoms with Crippen LogP contribution in [0.3, 0.4) is 0 Å². The van der Waals surface area contributed by atoms with Gasteiger partial charge in [-0.2, -0.15) is 5.10 Å². The molecule has 0 aromatic heterocycles.